The van der Waals surface area contributed by atoms with Gasteiger partial charge in [-0.15, -0.1) is 24.7 Å². The van der Waals surface area contributed by atoms with Gasteiger partial charge < -0.3 is 0 Å². The highest BCUT2D eigenvalue weighted by molar-refractivity contribution is 4.87. The van der Waals surface area contributed by atoms with Crippen LogP contribution in [0.25, 0.3) is 0 Å². The fourth-order valence-electron chi connectivity index (χ4n) is 1.05. The average Bonchev–Trinajstić information content (AvgIpc) is 2.16. The first-order valence-electron chi connectivity index (χ1n) is 4.93. The first kappa shape index (κ1) is 11.9. The van der Waals surface area contributed by atoms with Crippen molar-refractivity contribution in [2.24, 2.45) is 0 Å². The lowest BCUT2D eigenvalue weighted by Gasteiger charge is -1.91. The summed E-state index contributed by atoms with van der Waals surface area (Å²) in [6.07, 6.45) is 22.2. The van der Waals surface area contributed by atoms with Crippen LogP contribution in [0.1, 0.15) is 44.9 Å². The predicted octanol–water partition coefficient (Wildman–Crippen LogP) is 3.54. The van der Waals surface area contributed by atoms with Crippen molar-refractivity contribution in [3.63, 3.8) is 0 Å². The first-order valence-corrected chi connectivity index (χ1v) is 4.93. The quantitative estimate of drug-likeness (QED) is 0.314. The summed E-state index contributed by atoms with van der Waals surface area (Å²) in [7, 11) is 0. The van der Waals surface area contributed by atoms with E-state index in [0.717, 1.165) is 38.5 Å². The van der Waals surface area contributed by atoms with E-state index in [1.54, 1.807) is 0 Å². The molecule has 0 saturated carbocycles. The second kappa shape index (κ2) is 10.9. The Hall–Kier alpha value is -1.14. The van der Waals surface area contributed by atoms with Gasteiger partial charge in [0, 0.05) is 12.8 Å². The van der Waals surface area contributed by atoms with Crippen molar-refractivity contribution >= 4 is 0 Å². The second-order valence-electron chi connectivity index (χ2n) is 3.02. The number of allylic oxidation sites excluding steroid dienone is 2. The van der Waals surface area contributed by atoms with Crippen LogP contribution < -0.4 is 0 Å². The monoisotopic (exact) mass is 174 g/mol. The van der Waals surface area contributed by atoms with E-state index in [4.69, 9.17) is 12.8 Å². The Bertz CT molecular complexity index is 197. The van der Waals surface area contributed by atoms with Crippen LogP contribution in [0.4, 0.5) is 0 Å². The van der Waals surface area contributed by atoms with E-state index in [1.165, 1.54) is 6.42 Å². The first-order chi connectivity index (χ1) is 6.41. The zero-order valence-electron chi connectivity index (χ0n) is 8.26. The maximum absolute atomic E-state index is 5.14. The van der Waals surface area contributed by atoms with E-state index in [2.05, 4.69) is 24.0 Å². The number of rotatable bonds is 7. The molecule has 0 unspecified atom stereocenters. The molecule has 70 valence electrons. The number of terminal acetylenes is 2. The zero-order chi connectivity index (χ0) is 9.78. The molecule has 0 spiro atoms. The van der Waals surface area contributed by atoms with Gasteiger partial charge in [0.15, 0.2) is 0 Å². The van der Waals surface area contributed by atoms with Crippen LogP contribution >= 0.6 is 0 Å². The largest absolute Gasteiger partial charge is 0.120 e. The number of hydrogen-bond donors (Lipinski definition) is 0. The Kier molecular flexibility index (Phi) is 9.91. The molecule has 0 heteroatoms. The Morgan fingerprint density at radius 1 is 0.769 bits per heavy atom. The molecule has 0 atom stereocenters. The minimum absolute atomic E-state index is 0.890. The summed E-state index contributed by atoms with van der Waals surface area (Å²) >= 11 is 0. The minimum atomic E-state index is 0.890. The van der Waals surface area contributed by atoms with Gasteiger partial charge in [-0.2, -0.15) is 0 Å². The van der Waals surface area contributed by atoms with Crippen molar-refractivity contribution in [1.29, 1.82) is 0 Å². The van der Waals surface area contributed by atoms with E-state index in [1.807, 2.05) is 0 Å². The molecule has 0 aromatic carbocycles. The van der Waals surface area contributed by atoms with Crippen LogP contribution in [0.2, 0.25) is 0 Å². The molecule has 0 saturated heterocycles. The molecular formula is C13H18. The molecule has 0 aromatic heterocycles. The van der Waals surface area contributed by atoms with Crippen LogP contribution in [-0.2, 0) is 0 Å². The van der Waals surface area contributed by atoms with Crippen LogP contribution in [-0.4, -0.2) is 0 Å². The van der Waals surface area contributed by atoms with Crippen molar-refractivity contribution in [3.05, 3.63) is 12.2 Å². The molecule has 0 radical (unpaired) electrons. The van der Waals surface area contributed by atoms with Crippen LogP contribution in [0, 0.1) is 24.7 Å². The highest BCUT2D eigenvalue weighted by atomic mass is 13.9. The van der Waals surface area contributed by atoms with E-state index in [0.29, 0.717) is 0 Å². The molecule has 0 aromatic rings. The summed E-state index contributed by atoms with van der Waals surface area (Å²) in [6, 6.07) is 0. The van der Waals surface area contributed by atoms with Gasteiger partial charge in [-0.25, -0.2) is 0 Å². The lowest BCUT2D eigenvalue weighted by atomic mass is 10.1. The highest BCUT2D eigenvalue weighted by Gasteiger charge is 1.83. The molecule has 0 fully saturated rings. The van der Waals surface area contributed by atoms with Crippen molar-refractivity contribution in [2.45, 2.75) is 44.9 Å². The van der Waals surface area contributed by atoms with E-state index < -0.39 is 0 Å². The molecule has 0 rings (SSSR count). The molecule has 0 heterocycles. The summed E-state index contributed by atoms with van der Waals surface area (Å²) in [5, 5.41) is 0. The zero-order valence-corrected chi connectivity index (χ0v) is 8.26. The van der Waals surface area contributed by atoms with Crippen molar-refractivity contribution in [2.75, 3.05) is 0 Å². The Labute approximate surface area is 82.4 Å². The molecule has 0 nitrogen and oxygen atoms in total. The maximum atomic E-state index is 5.14. The molecule has 0 bridgehead atoms. The lowest BCUT2D eigenvalue weighted by molar-refractivity contribution is 0.768. The SMILES string of the molecule is C#CCCC/C=C\CCCCC#C. The van der Waals surface area contributed by atoms with Crippen molar-refractivity contribution in [3.8, 4) is 24.7 Å². The van der Waals surface area contributed by atoms with Crippen molar-refractivity contribution < 1.29 is 0 Å². The van der Waals surface area contributed by atoms with Gasteiger partial charge in [-0.3, -0.25) is 0 Å². The van der Waals surface area contributed by atoms with Crippen LogP contribution in [0.5, 0.6) is 0 Å². The maximum Gasteiger partial charge on any atom is 0.00890 e. The van der Waals surface area contributed by atoms with Crippen LogP contribution in [0.3, 0.4) is 0 Å². The molecule has 0 aliphatic carbocycles. The van der Waals surface area contributed by atoms with E-state index in [9.17, 15) is 0 Å². The summed E-state index contributed by atoms with van der Waals surface area (Å²) in [5.41, 5.74) is 0. The standard InChI is InChI=1S/C13H18/c1-3-5-7-9-11-13-12-10-8-6-4-2/h1-2,11,13H,5-10,12H2/b13-11-. The normalized spacial score (nSPS) is 9.69. The highest BCUT2D eigenvalue weighted by Crippen LogP contribution is 2.01. The third-order valence-corrected chi connectivity index (χ3v) is 1.80. The molecule has 0 aliphatic heterocycles. The van der Waals surface area contributed by atoms with Gasteiger partial charge in [0.1, 0.15) is 0 Å². The van der Waals surface area contributed by atoms with Gasteiger partial charge >= 0.3 is 0 Å². The third kappa shape index (κ3) is 10.9. The van der Waals surface area contributed by atoms with Gasteiger partial charge in [-0.1, -0.05) is 12.2 Å². The topological polar surface area (TPSA) is 0 Å². The van der Waals surface area contributed by atoms with E-state index >= 15 is 0 Å². The minimum Gasteiger partial charge on any atom is -0.120 e. The molecule has 13 heavy (non-hydrogen) atoms. The Balaban J connectivity index is 3.05. The third-order valence-electron chi connectivity index (χ3n) is 1.80. The lowest BCUT2D eigenvalue weighted by Crippen LogP contribution is -1.73. The summed E-state index contributed by atoms with van der Waals surface area (Å²) in [5.74, 6) is 5.27. The summed E-state index contributed by atoms with van der Waals surface area (Å²) in [4.78, 5) is 0. The number of hydrogen-bond acceptors (Lipinski definition) is 0. The fraction of sp³-hybridized carbons (Fsp3) is 0.538. The molecule has 0 aliphatic rings. The molecule has 0 amide bonds. The Morgan fingerprint density at radius 3 is 1.92 bits per heavy atom. The van der Waals surface area contributed by atoms with Gasteiger partial charge in [0.25, 0.3) is 0 Å². The van der Waals surface area contributed by atoms with E-state index in [-0.39, 0.29) is 0 Å². The van der Waals surface area contributed by atoms with Gasteiger partial charge in [-0.05, 0) is 32.1 Å². The summed E-state index contributed by atoms with van der Waals surface area (Å²) < 4.78 is 0. The molecule has 0 N–H and O–H groups in total. The van der Waals surface area contributed by atoms with Crippen molar-refractivity contribution in [1.82, 2.24) is 0 Å². The average molecular weight is 174 g/mol. The smallest absolute Gasteiger partial charge is 0.00890 e. The fourth-order valence-corrected chi connectivity index (χ4v) is 1.05. The predicted molar refractivity (Wildman–Crippen MR) is 59.1 cm³/mol. The van der Waals surface area contributed by atoms with Gasteiger partial charge in [0.05, 0.1) is 0 Å². The Morgan fingerprint density at radius 2 is 1.31 bits per heavy atom. The molecular weight excluding hydrogens is 156 g/mol. The summed E-state index contributed by atoms with van der Waals surface area (Å²) in [6.45, 7) is 0. The van der Waals surface area contributed by atoms with Crippen LogP contribution in [0.15, 0.2) is 12.2 Å². The van der Waals surface area contributed by atoms with Gasteiger partial charge in [0.2, 0.25) is 0 Å². The number of unbranched alkanes of at least 4 members (excludes halogenated alkanes) is 5. The second-order valence-corrected chi connectivity index (χ2v) is 3.02.